The number of benzene rings is 1. The van der Waals surface area contributed by atoms with Gasteiger partial charge in [-0.1, -0.05) is 146 Å². The van der Waals surface area contributed by atoms with Crippen molar-refractivity contribution < 1.29 is 22.4 Å². The van der Waals surface area contributed by atoms with Crippen LogP contribution in [0.5, 0.6) is 0 Å². The van der Waals surface area contributed by atoms with E-state index in [4.69, 9.17) is 22.4 Å². The van der Waals surface area contributed by atoms with Gasteiger partial charge in [0.2, 0.25) is 0 Å². The maximum absolute atomic E-state index is 7.75. The molecule has 0 spiro atoms. The smallest absolute Gasteiger partial charge is 0.192 e. The summed E-state index contributed by atoms with van der Waals surface area (Å²) in [5, 5.41) is 0.328. The van der Waals surface area contributed by atoms with Gasteiger partial charge in [-0.15, -0.1) is 0 Å². The summed E-state index contributed by atoms with van der Waals surface area (Å²) in [5.74, 6) is 0. The Kier molecular flexibility index (Phi) is 19.3. The maximum Gasteiger partial charge on any atom is 0.192 e. The zero-order chi connectivity index (χ0) is 45.6. The van der Waals surface area contributed by atoms with Crippen LogP contribution in [0.2, 0.25) is 72.5 Å². The van der Waals surface area contributed by atoms with E-state index in [2.05, 4.69) is 176 Å². The van der Waals surface area contributed by atoms with Crippen molar-refractivity contribution in [3.8, 4) is 0 Å². The van der Waals surface area contributed by atoms with Crippen LogP contribution in [0.1, 0.15) is 134 Å². The minimum Gasteiger partial charge on any atom is -0.415 e. The van der Waals surface area contributed by atoms with Gasteiger partial charge in [0.05, 0.1) is 43.7 Å². The third kappa shape index (κ3) is 15.5. The summed E-state index contributed by atoms with van der Waals surface area (Å²) in [7, 11) is -8.69. The fourth-order valence-corrected chi connectivity index (χ4v) is 12.4. The number of rotatable bonds is 20. The second-order valence-electron chi connectivity index (χ2n) is 24.9. The molecule has 3 rings (SSSR count). The minimum atomic E-state index is -2.25. The van der Waals surface area contributed by atoms with Gasteiger partial charge in [-0.2, -0.15) is 0 Å². The lowest BCUT2D eigenvalue weighted by Crippen LogP contribution is -2.70. The normalized spacial score (nSPS) is 24.0. The summed E-state index contributed by atoms with van der Waals surface area (Å²) in [6.07, 6.45) is 8.66. The van der Waals surface area contributed by atoms with Gasteiger partial charge in [-0.3, -0.25) is 9.80 Å². The summed E-state index contributed by atoms with van der Waals surface area (Å²) in [5.41, 5.74) is 1.40. The molecule has 0 aromatic heterocycles. The first-order chi connectivity index (χ1) is 27.3. The molecule has 60 heavy (non-hydrogen) atoms. The first kappa shape index (κ1) is 54.1. The van der Waals surface area contributed by atoms with E-state index in [0.717, 1.165) is 39.3 Å². The number of piperidine rings is 1. The topological polar surface area (TPSA) is 52.6 Å². The molecule has 5 atom stereocenters. The quantitative estimate of drug-likeness (QED) is 0.0954. The summed E-state index contributed by atoms with van der Waals surface area (Å²) in [4.78, 5) is 5.32. The molecule has 2 aliphatic rings. The average Bonchev–Trinajstić information content (AvgIpc) is 3.09. The van der Waals surface area contributed by atoms with Crippen molar-refractivity contribution in [1.29, 1.82) is 0 Å². The van der Waals surface area contributed by atoms with E-state index in [1.165, 1.54) is 50.5 Å². The highest BCUT2D eigenvalue weighted by Crippen LogP contribution is 2.46. The van der Waals surface area contributed by atoms with Crippen LogP contribution in [-0.4, -0.2) is 113 Å². The monoisotopic (exact) mass is 907 g/mol. The Morgan fingerprint density at radius 2 is 1.07 bits per heavy atom. The molecule has 4 unspecified atom stereocenters. The molecular formula is C49H98N2O5Si4. The van der Waals surface area contributed by atoms with E-state index in [-0.39, 0.29) is 44.5 Å². The van der Waals surface area contributed by atoms with E-state index in [1.54, 1.807) is 0 Å². The molecule has 0 saturated carbocycles. The Hall–Kier alpha value is -0.192. The van der Waals surface area contributed by atoms with E-state index < -0.39 is 33.3 Å². The lowest BCUT2D eigenvalue weighted by molar-refractivity contribution is -0.128. The third-order valence-corrected chi connectivity index (χ3v) is 33.7. The summed E-state index contributed by atoms with van der Waals surface area (Å²) in [6.45, 7) is 54.2. The van der Waals surface area contributed by atoms with Gasteiger partial charge < -0.3 is 22.4 Å². The summed E-state index contributed by atoms with van der Waals surface area (Å²) < 4.78 is 36.4. The van der Waals surface area contributed by atoms with Gasteiger partial charge in [-0.25, -0.2) is 0 Å². The molecular weight excluding hydrogens is 809 g/mol. The van der Waals surface area contributed by atoms with Crippen LogP contribution in [0.25, 0.3) is 0 Å². The van der Waals surface area contributed by atoms with Crippen LogP contribution in [0.4, 0.5) is 0 Å². The zero-order valence-electron chi connectivity index (χ0n) is 43.1. The lowest BCUT2D eigenvalue weighted by Gasteiger charge is -2.56. The summed E-state index contributed by atoms with van der Waals surface area (Å²) in [6, 6.07) is 11.0. The Bertz CT molecular complexity index is 1410. The van der Waals surface area contributed by atoms with Crippen molar-refractivity contribution in [3.63, 3.8) is 0 Å². The number of morpholine rings is 1. The fourth-order valence-electron chi connectivity index (χ4n) is 7.39. The van der Waals surface area contributed by atoms with Crippen LogP contribution >= 0.6 is 0 Å². The zero-order valence-corrected chi connectivity index (χ0v) is 47.1. The molecule has 1 aromatic carbocycles. The van der Waals surface area contributed by atoms with Gasteiger partial charge >= 0.3 is 0 Å². The predicted octanol–water partition coefficient (Wildman–Crippen LogP) is 13.5. The third-order valence-electron chi connectivity index (χ3n) is 15.8. The van der Waals surface area contributed by atoms with Gasteiger partial charge in [0.15, 0.2) is 33.3 Å². The first-order valence-corrected chi connectivity index (χ1v) is 35.7. The Morgan fingerprint density at radius 1 is 0.583 bits per heavy atom. The maximum atomic E-state index is 7.75. The second-order valence-corrected chi connectivity index (χ2v) is 43.9. The molecule has 7 nitrogen and oxygen atoms in total. The number of hydrogen-bond donors (Lipinski definition) is 0. The van der Waals surface area contributed by atoms with Crippen molar-refractivity contribution in [2.75, 3.05) is 39.4 Å². The molecule has 2 heterocycles. The van der Waals surface area contributed by atoms with Gasteiger partial charge in [0.25, 0.3) is 0 Å². The standard InChI is InChI=1S/C49H98N2O5Si4/c1-46(2,3)57(13,14)53-39-42-44(55-59(17,18)48(7,8)9)45(56-60(19,20)49(10,11)12)43(54-58(15,16)47(4,5)6)38-51(42)33-29-24-22-21-23-28-32-41-37-50(34-35-52-41)36-40-30-26-25-27-31-40/h25-27,30-31,41-45H,21-24,28-29,32-39H2,1-20H3/t41?,42-,43?,44?,45?/m1/s1. The average molecular weight is 908 g/mol. The van der Waals surface area contributed by atoms with E-state index >= 15 is 0 Å². The number of hydrogen-bond acceptors (Lipinski definition) is 7. The minimum absolute atomic E-state index is 0.0576. The van der Waals surface area contributed by atoms with Crippen LogP contribution < -0.4 is 0 Å². The van der Waals surface area contributed by atoms with Crippen molar-refractivity contribution in [2.45, 2.75) is 238 Å². The lowest BCUT2D eigenvalue weighted by atomic mass is 9.94. The molecule has 0 N–H and O–H groups in total. The molecule has 2 fully saturated rings. The van der Waals surface area contributed by atoms with E-state index in [0.29, 0.717) is 12.7 Å². The Balaban J connectivity index is 1.83. The highest BCUT2D eigenvalue weighted by Gasteiger charge is 2.55. The molecule has 0 aliphatic carbocycles. The largest absolute Gasteiger partial charge is 0.415 e. The molecule has 1 aromatic rings. The number of unbranched alkanes of at least 4 members (excludes halogenated alkanes) is 5. The highest BCUT2D eigenvalue weighted by molar-refractivity contribution is 6.75. The Morgan fingerprint density at radius 3 is 1.60 bits per heavy atom. The SMILES string of the molecule is CC(C)(C)[Si](C)(C)OC[C@@H]1C(O[Si](C)(C)C(C)(C)C)C(O[Si](C)(C)C(C)(C)C)C(O[Si](C)(C)C(C)(C)C)CN1CCCCCCCCC1CN(Cc2ccccc2)CCO1. The first-order valence-electron chi connectivity index (χ1n) is 24.1. The van der Waals surface area contributed by atoms with E-state index in [9.17, 15) is 0 Å². The van der Waals surface area contributed by atoms with Gasteiger partial charge in [0, 0.05) is 26.2 Å². The number of ether oxygens (including phenoxy) is 1. The fraction of sp³-hybridized carbons (Fsp3) is 0.878. The molecule has 0 bridgehead atoms. The predicted molar refractivity (Wildman–Crippen MR) is 268 cm³/mol. The van der Waals surface area contributed by atoms with Crippen molar-refractivity contribution in [2.24, 2.45) is 0 Å². The van der Waals surface area contributed by atoms with Crippen LogP contribution in [0.3, 0.4) is 0 Å². The van der Waals surface area contributed by atoms with Crippen molar-refractivity contribution >= 4 is 33.3 Å². The van der Waals surface area contributed by atoms with Crippen molar-refractivity contribution in [1.82, 2.24) is 9.80 Å². The molecule has 0 radical (unpaired) electrons. The second kappa shape index (κ2) is 21.4. The number of nitrogens with zero attached hydrogens (tertiary/aromatic N) is 2. The van der Waals surface area contributed by atoms with Gasteiger partial charge in [0.1, 0.15) is 0 Å². The van der Waals surface area contributed by atoms with Crippen LogP contribution in [0, 0.1) is 0 Å². The Labute approximate surface area is 376 Å². The van der Waals surface area contributed by atoms with Crippen molar-refractivity contribution in [3.05, 3.63) is 35.9 Å². The molecule has 0 amide bonds. The van der Waals surface area contributed by atoms with Crippen LogP contribution in [-0.2, 0) is 29.0 Å². The summed E-state index contributed by atoms with van der Waals surface area (Å²) >= 11 is 0. The molecule has 350 valence electrons. The van der Waals surface area contributed by atoms with Gasteiger partial charge in [-0.05, 0) is 97.5 Å². The van der Waals surface area contributed by atoms with Crippen LogP contribution in [0.15, 0.2) is 30.3 Å². The molecule has 11 heteroatoms. The molecule has 2 saturated heterocycles. The molecule has 2 aliphatic heterocycles. The van der Waals surface area contributed by atoms with E-state index in [1.807, 2.05) is 0 Å². The highest BCUT2D eigenvalue weighted by atomic mass is 28.4. The number of likely N-dealkylation sites (tertiary alicyclic amines) is 1.